The number of hydrogen-bond acceptors (Lipinski definition) is 5. The van der Waals surface area contributed by atoms with E-state index in [0.29, 0.717) is 11.3 Å². The fourth-order valence-electron chi connectivity index (χ4n) is 2.50. The van der Waals surface area contributed by atoms with Crippen molar-refractivity contribution in [1.29, 1.82) is 0 Å². The Morgan fingerprint density at radius 1 is 1.25 bits per heavy atom. The van der Waals surface area contributed by atoms with Crippen molar-refractivity contribution in [2.24, 2.45) is 0 Å². The highest BCUT2D eigenvalue weighted by molar-refractivity contribution is 7.13. The maximum atomic E-state index is 11.1. The lowest BCUT2D eigenvalue weighted by Crippen LogP contribution is -2.46. The van der Waals surface area contributed by atoms with E-state index in [1.165, 1.54) is 11.3 Å². The van der Waals surface area contributed by atoms with E-state index in [9.17, 15) is 4.79 Å². The number of piperazine rings is 1. The zero-order valence-electron chi connectivity index (χ0n) is 12.3. The normalized spacial score (nSPS) is 17.5. The number of aromatic carboxylic acids is 1. The van der Waals surface area contributed by atoms with Gasteiger partial charge >= 0.3 is 5.97 Å². The van der Waals surface area contributed by atoms with Crippen LogP contribution in [-0.4, -0.2) is 65.1 Å². The Balaban J connectivity index is 1.87. The summed E-state index contributed by atoms with van der Waals surface area (Å²) in [6.45, 7) is 10.7. The van der Waals surface area contributed by atoms with Crippen molar-refractivity contribution in [2.75, 3.05) is 39.3 Å². The molecule has 0 amide bonds. The van der Waals surface area contributed by atoms with Crippen molar-refractivity contribution in [3.63, 3.8) is 0 Å². The second kappa shape index (κ2) is 7.15. The number of aryl methyl sites for hydroxylation is 1. The highest BCUT2D eigenvalue weighted by Gasteiger charge is 2.18. The molecule has 1 aliphatic rings. The molecule has 1 aromatic rings. The summed E-state index contributed by atoms with van der Waals surface area (Å²) >= 11 is 1.34. The molecule has 20 heavy (non-hydrogen) atoms. The van der Waals surface area contributed by atoms with E-state index in [0.717, 1.165) is 56.4 Å². The van der Waals surface area contributed by atoms with E-state index >= 15 is 0 Å². The predicted molar refractivity (Wildman–Crippen MR) is 80.7 cm³/mol. The van der Waals surface area contributed by atoms with Gasteiger partial charge in [0.1, 0.15) is 4.88 Å². The number of hydrogen-bond donors (Lipinski definition) is 1. The summed E-state index contributed by atoms with van der Waals surface area (Å²) in [5, 5.41) is 10.1. The summed E-state index contributed by atoms with van der Waals surface area (Å²) in [6, 6.07) is 0. The van der Waals surface area contributed by atoms with Gasteiger partial charge in [0.2, 0.25) is 0 Å². The minimum absolute atomic E-state index is 0.415. The standard InChI is InChI=1S/C14H23N3O2S/c1-3-11-13(14(18)19)20-12(15-11)5-6-17-9-7-16(4-2)8-10-17/h3-10H2,1-2H3,(H,18,19). The maximum Gasteiger partial charge on any atom is 0.347 e. The van der Waals surface area contributed by atoms with Crippen LogP contribution >= 0.6 is 11.3 Å². The third kappa shape index (κ3) is 3.77. The SMILES string of the molecule is CCc1nc(CCN2CCN(CC)CC2)sc1C(=O)O. The molecule has 1 saturated heterocycles. The lowest BCUT2D eigenvalue weighted by Gasteiger charge is -2.33. The van der Waals surface area contributed by atoms with Gasteiger partial charge in [0.05, 0.1) is 10.7 Å². The summed E-state index contributed by atoms with van der Waals surface area (Å²) in [5.74, 6) is -0.845. The van der Waals surface area contributed by atoms with Gasteiger partial charge in [0, 0.05) is 39.1 Å². The van der Waals surface area contributed by atoms with Gasteiger partial charge in [0.15, 0.2) is 0 Å². The Bertz CT molecular complexity index is 453. The van der Waals surface area contributed by atoms with E-state index in [2.05, 4.69) is 21.7 Å². The molecular formula is C14H23N3O2S. The highest BCUT2D eigenvalue weighted by atomic mass is 32.1. The van der Waals surface area contributed by atoms with Crippen molar-refractivity contribution < 1.29 is 9.90 Å². The Hall–Kier alpha value is -0.980. The molecule has 1 aromatic heterocycles. The largest absolute Gasteiger partial charge is 0.477 e. The molecule has 5 nitrogen and oxygen atoms in total. The van der Waals surface area contributed by atoms with Crippen LogP contribution in [0.5, 0.6) is 0 Å². The Labute approximate surface area is 124 Å². The molecule has 1 aliphatic heterocycles. The van der Waals surface area contributed by atoms with Gasteiger partial charge in [-0.25, -0.2) is 9.78 Å². The topological polar surface area (TPSA) is 56.7 Å². The quantitative estimate of drug-likeness (QED) is 0.864. The monoisotopic (exact) mass is 297 g/mol. The number of rotatable bonds is 6. The molecule has 1 fully saturated rings. The number of nitrogens with zero attached hydrogens (tertiary/aromatic N) is 3. The lowest BCUT2D eigenvalue weighted by molar-refractivity contribution is 0.0701. The molecule has 0 spiro atoms. The minimum Gasteiger partial charge on any atom is -0.477 e. The van der Waals surface area contributed by atoms with Crippen LogP contribution in [0.2, 0.25) is 0 Å². The van der Waals surface area contributed by atoms with Crippen molar-refractivity contribution in [1.82, 2.24) is 14.8 Å². The van der Waals surface area contributed by atoms with Crippen LogP contribution in [0.1, 0.15) is 34.2 Å². The van der Waals surface area contributed by atoms with E-state index < -0.39 is 5.97 Å². The van der Waals surface area contributed by atoms with Gasteiger partial charge < -0.3 is 14.9 Å². The van der Waals surface area contributed by atoms with Gasteiger partial charge in [0.25, 0.3) is 0 Å². The predicted octanol–water partition coefficient (Wildman–Crippen LogP) is 1.58. The Morgan fingerprint density at radius 3 is 2.40 bits per heavy atom. The second-order valence-electron chi connectivity index (χ2n) is 5.07. The van der Waals surface area contributed by atoms with Crippen LogP contribution in [0.25, 0.3) is 0 Å². The summed E-state index contributed by atoms with van der Waals surface area (Å²) < 4.78 is 0. The van der Waals surface area contributed by atoms with Gasteiger partial charge in [-0.1, -0.05) is 13.8 Å². The smallest absolute Gasteiger partial charge is 0.347 e. The second-order valence-corrected chi connectivity index (χ2v) is 6.15. The molecular weight excluding hydrogens is 274 g/mol. The molecule has 2 heterocycles. The van der Waals surface area contributed by atoms with Crippen LogP contribution in [-0.2, 0) is 12.8 Å². The fraction of sp³-hybridized carbons (Fsp3) is 0.714. The average Bonchev–Trinajstić information content (AvgIpc) is 2.89. The number of thiazole rings is 1. The van der Waals surface area contributed by atoms with Crippen molar-refractivity contribution in [3.8, 4) is 0 Å². The Morgan fingerprint density at radius 2 is 1.90 bits per heavy atom. The van der Waals surface area contributed by atoms with E-state index in [1.54, 1.807) is 0 Å². The summed E-state index contributed by atoms with van der Waals surface area (Å²) in [4.78, 5) is 20.9. The van der Waals surface area contributed by atoms with Gasteiger partial charge in [-0.2, -0.15) is 0 Å². The van der Waals surface area contributed by atoms with Crippen molar-refractivity contribution in [3.05, 3.63) is 15.6 Å². The van der Waals surface area contributed by atoms with Crippen LogP contribution in [0.15, 0.2) is 0 Å². The number of likely N-dealkylation sites (N-methyl/N-ethyl adjacent to an activating group) is 1. The van der Waals surface area contributed by atoms with Crippen LogP contribution < -0.4 is 0 Å². The average molecular weight is 297 g/mol. The van der Waals surface area contributed by atoms with Gasteiger partial charge in [-0.15, -0.1) is 11.3 Å². The minimum atomic E-state index is -0.845. The molecule has 6 heteroatoms. The van der Waals surface area contributed by atoms with Crippen molar-refractivity contribution >= 4 is 17.3 Å². The van der Waals surface area contributed by atoms with E-state index in [-0.39, 0.29) is 0 Å². The zero-order chi connectivity index (χ0) is 14.5. The first-order valence-corrected chi connectivity index (χ1v) is 8.12. The number of carbonyl (C=O) groups is 1. The molecule has 0 aromatic carbocycles. The Kier molecular flexibility index (Phi) is 5.51. The summed E-state index contributed by atoms with van der Waals surface area (Å²) in [7, 11) is 0. The molecule has 0 bridgehead atoms. The third-order valence-corrected chi connectivity index (χ3v) is 4.97. The summed E-state index contributed by atoms with van der Waals surface area (Å²) in [6.07, 6.45) is 1.55. The first-order valence-electron chi connectivity index (χ1n) is 7.30. The first kappa shape index (κ1) is 15.4. The number of carboxylic acids is 1. The molecule has 2 rings (SSSR count). The fourth-order valence-corrected chi connectivity index (χ4v) is 3.48. The molecule has 0 atom stereocenters. The highest BCUT2D eigenvalue weighted by Crippen LogP contribution is 2.20. The van der Waals surface area contributed by atoms with Gasteiger partial charge in [-0.05, 0) is 13.0 Å². The summed E-state index contributed by atoms with van der Waals surface area (Å²) in [5.41, 5.74) is 0.730. The van der Waals surface area contributed by atoms with Crippen LogP contribution in [0, 0.1) is 0 Å². The third-order valence-electron chi connectivity index (χ3n) is 3.82. The van der Waals surface area contributed by atoms with Gasteiger partial charge in [-0.3, -0.25) is 0 Å². The lowest BCUT2D eigenvalue weighted by atomic mass is 10.3. The maximum absolute atomic E-state index is 11.1. The van der Waals surface area contributed by atoms with Crippen molar-refractivity contribution in [2.45, 2.75) is 26.7 Å². The number of aromatic nitrogens is 1. The van der Waals surface area contributed by atoms with Crippen LogP contribution in [0.3, 0.4) is 0 Å². The number of carboxylic acid groups (broad SMARTS) is 1. The molecule has 112 valence electrons. The molecule has 1 N–H and O–H groups in total. The molecule has 0 saturated carbocycles. The van der Waals surface area contributed by atoms with Crippen LogP contribution in [0.4, 0.5) is 0 Å². The van der Waals surface area contributed by atoms with E-state index in [1.807, 2.05) is 6.92 Å². The zero-order valence-corrected chi connectivity index (χ0v) is 13.1. The molecule has 0 radical (unpaired) electrons. The van der Waals surface area contributed by atoms with E-state index in [4.69, 9.17) is 5.11 Å². The molecule has 0 unspecified atom stereocenters. The first-order chi connectivity index (χ1) is 9.63. The molecule has 0 aliphatic carbocycles.